The molecule has 2 bridgehead atoms. The van der Waals surface area contributed by atoms with Gasteiger partial charge in [-0.15, -0.1) is 0 Å². The highest BCUT2D eigenvalue weighted by Crippen LogP contribution is 2.47. The lowest BCUT2D eigenvalue weighted by molar-refractivity contribution is -0.154. The summed E-state index contributed by atoms with van der Waals surface area (Å²) in [4.78, 5) is 34.3. The van der Waals surface area contributed by atoms with Crippen LogP contribution in [0.4, 0.5) is 5.82 Å². The van der Waals surface area contributed by atoms with E-state index in [2.05, 4.69) is 20.3 Å². The standard InChI is InChI=1S/C26H24ClN7O3/c1-2-36-26(35)21-13-3-5-14(6-4-13)22(21)33-20-9-17(18-8-7-15(10-28)37-18)31-24(34-20)16-11-29-25-23(16)32-19(27)12-30-25/h7-9,11-14,21-22H,2-6H2,1H3,(H,29,30)(H,31,33,34)/t13?,14?,21-,22-/m1/s1. The first-order valence-corrected chi connectivity index (χ1v) is 12.7. The van der Waals surface area contributed by atoms with Crippen LogP contribution in [-0.2, 0) is 9.53 Å². The topological polar surface area (TPSA) is 143 Å². The third-order valence-corrected chi connectivity index (χ3v) is 7.56. The van der Waals surface area contributed by atoms with Gasteiger partial charge in [-0.05, 0) is 56.6 Å². The summed E-state index contributed by atoms with van der Waals surface area (Å²) in [5.41, 5.74) is 2.20. The molecule has 0 saturated heterocycles. The van der Waals surface area contributed by atoms with E-state index in [1.165, 1.54) is 6.20 Å². The minimum Gasteiger partial charge on any atom is -0.466 e. The van der Waals surface area contributed by atoms with Crippen molar-refractivity contribution in [3.8, 4) is 28.9 Å². The van der Waals surface area contributed by atoms with Crippen molar-refractivity contribution in [3.63, 3.8) is 0 Å². The number of hydrogen-bond acceptors (Lipinski definition) is 9. The highest BCUT2D eigenvalue weighted by atomic mass is 35.5. The van der Waals surface area contributed by atoms with Gasteiger partial charge in [-0.25, -0.2) is 19.9 Å². The van der Waals surface area contributed by atoms with Crippen LogP contribution in [0.3, 0.4) is 0 Å². The SMILES string of the molecule is CCOC(=O)[C@@H]1C2CCC(CC2)[C@H]1Nc1cc(-c2ccc(C#N)o2)nc(-c2c[nH]c3ncc(Cl)nc23)n1. The molecular formula is C26H24ClN7O3. The molecule has 0 radical (unpaired) electrons. The summed E-state index contributed by atoms with van der Waals surface area (Å²) in [7, 11) is 0. The van der Waals surface area contributed by atoms with Gasteiger partial charge >= 0.3 is 5.97 Å². The number of aromatic nitrogens is 5. The molecule has 2 atom stereocenters. The Labute approximate surface area is 217 Å². The zero-order chi connectivity index (χ0) is 25.5. The molecule has 4 heterocycles. The van der Waals surface area contributed by atoms with Gasteiger partial charge < -0.3 is 19.5 Å². The molecule has 188 valence electrons. The third-order valence-electron chi connectivity index (χ3n) is 7.38. The third kappa shape index (κ3) is 4.29. The summed E-state index contributed by atoms with van der Waals surface area (Å²) < 4.78 is 11.1. The number of nitrogens with one attached hydrogen (secondary N) is 2. The molecule has 3 aliphatic rings. The smallest absolute Gasteiger partial charge is 0.311 e. The van der Waals surface area contributed by atoms with Crippen molar-refractivity contribution in [2.45, 2.75) is 38.6 Å². The van der Waals surface area contributed by atoms with Crippen molar-refractivity contribution in [1.29, 1.82) is 5.26 Å². The maximum Gasteiger partial charge on any atom is 0.311 e. The minimum absolute atomic E-state index is 0.106. The van der Waals surface area contributed by atoms with Crippen LogP contribution in [-0.4, -0.2) is 43.5 Å². The molecule has 7 rings (SSSR count). The van der Waals surface area contributed by atoms with E-state index in [1.807, 2.05) is 13.0 Å². The number of anilines is 1. The first-order chi connectivity index (χ1) is 18.0. The molecule has 0 amide bonds. The Kier molecular flexibility index (Phi) is 6.00. The maximum absolute atomic E-state index is 13.0. The van der Waals surface area contributed by atoms with Crippen molar-refractivity contribution in [2.24, 2.45) is 17.8 Å². The number of carbonyl (C=O) groups is 1. The lowest BCUT2D eigenvalue weighted by atomic mass is 9.61. The molecular weight excluding hydrogens is 494 g/mol. The molecule has 4 aromatic rings. The normalized spacial score (nSPS) is 22.6. The van der Waals surface area contributed by atoms with Crippen LogP contribution < -0.4 is 5.32 Å². The van der Waals surface area contributed by atoms with E-state index in [4.69, 9.17) is 30.7 Å². The molecule has 0 unspecified atom stereocenters. The number of nitrogens with zero attached hydrogens (tertiary/aromatic N) is 5. The summed E-state index contributed by atoms with van der Waals surface area (Å²) in [5.74, 6) is 1.78. The first kappa shape index (κ1) is 23.4. The van der Waals surface area contributed by atoms with Crippen LogP contribution in [0, 0.1) is 29.1 Å². The van der Waals surface area contributed by atoms with Crippen LogP contribution in [0.15, 0.2) is 35.0 Å². The summed E-state index contributed by atoms with van der Waals surface area (Å²) >= 11 is 6.12. The van der Waals surface area contributed by atoms with E-state index in [1.54, 1.807) is 24.4 Å². The Bertz CT molecular complexity index is 1520. The Morgan fingerprint density at radius 3 is 2.81 bits per heavy atom. The van der Waals surface area contributed by atoms with Crippen LogP contribution in [0.25, 0.3) is 34.0 Å². The van der Waals surface area contributed by atoms with Gasteiger partial charge in [0, 0.05) is 18.3 Å². The number of furan rings is 1. The van der Waals surface area contributed by atoms with Gasteiger partial charge in [-0.2, -0.15) is 5.26 Å². The molecule has 10 nitrogen and oxygen atoms in total. The number of aromatic amines is 1. The van der Waals surface area contributed by atoms with Crippen LogP contribution in [0.5, 0.6) is 0 Å². The fourth-order valence-corrected chi connectivity index (χ4v) is 5.88. The summed E-state index contributed by atoms with van der Waals surface area (Å²) in [6.07, 6.45) is 7.38. The first-order valence-electron chi connectivity index (χ1n) is 12.4. The van der Waals surface area contributed by atoms with Crippen LogP contribution in [0.1, 0.15) is 38.4 Å². The number of hydrogen-bond donors (Lipinski definition) is 2. The molecule has 37 heavy (non-hydrogen) atoms. The van der Waals surface area contributed by atoms with Gasteiger partial charge in [0.15, 0.2) is 17.2 Å². The van der Waals surface area contributed by atoms with Crippen molar-refractivity contribution >= 4 is 34.6 Å². The second-order valence-electron chi connectivity index (χ2n) is 9.45. The molecule has 0 aromatic carbocycles. The van der Waals surface area contributed by atoms with E-state index in [0.29, 0.717) is 52.3 Å². The average molecular weight is 518 g/mol. The quantitative estimate of drug-likeness (QED) is 0.338. The number of rotatable bonds is 6. The number of fused-ring (bicyclic) bond motifs is 4. The van der Waals surface area contributed by atoms with Gasteiger partial charge in [0.1, 0.15) is 28.3 Å². The zero-order valence-electron chi connectivity index (χ0n) is 20.1. The maximum atomic E-state index is 13.0. The number of nitriles is 1. The van der Waals surface area contributed by atoms with Crippen molar-refractivity contribution in [3.05, 3.63) is 41.5 Å². The van der Waals surface area contributed by atoms with Crippen LogP contribution in [0.2, 0.25) is 5.15 Å². The molecule has 4 aromatic heterocycles. The van der Waals surface area contributed by atoms with Gasteiger partial charge in [0.25, 0.3) is 0 Å². The van der Waals surface area contributed by atoms with E-state index in [9.17, 15) is 10.1 Å². The number of esters is 1. The molecule has 3 fully saturated rings. The highest BCUT2D eigenvalue weighted by molar-refractivity contribution is 6.29. The molecule has 0 aliphatic heterocycles. The number of carbonyl (C=O) groups excluding carboxylic acids is 1. The van der Waals surface area contributed by atoms with E-state index in [0.717, 1.165) is 25.7 Å². The summed E-state index contributed by atoms with van der Waals surface area (Å²) in [6.45, 7) is 2.19. The minimum atomic E-state index is -0.235. The van der Waals surface area contributed by atoms with Crippen molar-refractivity contribution in [2.75, 3.05) is 11.9 Å². The Morgan fingerprint density at radius 2 is 2.05 bits per heavy atom. The lowest BCUT2D eigenvalue weighted by Gasteiger charge is -2.47. The fourth-order valence-electron chi connectivity index (χ4n) is 5.75. The van der Waals surface area contributed by atoms with Gasteiger partial charge in [0.05, 0.1) is 24.3 Å². The molecule has 3 aliphatic carbocycles. The fraction of sp³-hybridized carbons (Fsp3) is 0.385. The van der Waals surface area contributed by atoms with Gasteiger partial charge in [0.2, 0.25) is 5.76 Å². The molecule has 11 heteroatoms. The second-order valence-corrected chi connectivity index (χ2v) is 9.84. The predicted octanol–water partition coefficient (Wildman–Crippen LogP) is 4.98. The van der Waals surface area contributed by atoms with Crippen LogP contribution >= 0.6 is 11.6 Å². The monoisotopic (exact) mass is 517 g/mol. The second kappa shape index (κ2) is 9.48. The number of H-pyrrole nitrogens is 1. The Hall–Kier alpha value is -3.97. The predicted molar refractivity (Wildman–Crippen MR) is 135 cm³/mol. The summed E-state index contributed by atoms with van der Waals surface area (Å²) in [6, 6.07) is 6.97. The average Bonchev–Trinajstić information content (AvgIpc) is 3.56. The lowest BCUT2D eigenvalue weighted by Crippen LogP contribution is -2.52. The highest BCUT2D eigenvalue weighted by Gasteiger charge is 2.48. The van der Waals surface area contributed by atoms with Crippen molar-refractivity contribution in [1.82, 2.24) is 24.9 Å². The Balaban J connectivity index is 1.44. The van der Waals surface area contributed by atoms with Gasteiger partial charge in [-0.3, -0.25) is 4.79 Å². The Morgan fingerprint density at radius 1 is 1.24 bits per heavy atom. The van der Waals surface area contributed by atoms with E-state index < -0.39 is 0 Å². The molecule has 0 spiro atoms. The largest absolute Gasteiger partial charge is 0.466 e. The number of ether oxygens (including phenoxy) is 1. The van der Waals surface area contributed by atoms with Gasteiger partial charge in [-0.1, -0.05) is 11.6 Å². The zero-order valence-corrected chi connectivity index (χ0v) is 20.8. The number of halogens is 1. The molecule has 2 N–H and O–H groups in total. The van der Waals surface area contributed by atoms with E-state index in [-0.39, 0.29) is 34.8 Å². The van der Waals surface area contributed by atoms with Crippen molar-refractivity contribution < 1.29 is 13.9 Å². The summed E-state index contributed by atoms with van der Waals surface area (Å²) in [5, 5.41) is 13.1. The van der Waals surface area contributed by atoms with E-state index >= 15 is 0 Å². The molecule has 3 saturated carbocycles.